The molecule has 128 valence electrons. The van der Waals surface area contributed by atoms with Crippen molar-refractivity contribution in [2.75, 3.05) is 19.6 Å². The van der Waals surface area contributed by atoms with Crippen molar-refractivity contribution >= 4 is 11.9 Å². The Morgan fingerprint density at radius 1 is 1.35 bits per heavy atom. The van der Waals surface area contributed by atoms with Crippen LogP contribution in [-0.2, 0) is 0 Å². The third kappa shape index (κ3) is 5.62. The van der Waals surface area contributed by atoms with Gasteiger partial charge in [0.15, 0.2) is 11.7 Å². The third-order valence-electron chi connectivity index (χ3n) is 4.00. The Morgan fingerprint density at radius 2 is 2.13 bits per heavy atom. The number of nitrogens with one attached hydrogen (secondary N) is 3. The summed E-state index contributed by atoms with van der Waals surface area (Å²) in [4.78, 5) is 16.5. The Bertz CT molecular complexity index is 518. The summed E-state index contributed by atoms with van der Waals surface area (Å²) in [5, 5.41) is 9.62. The molecular formula is C17H28N4O2. The molecule has 1 saturated carbocycles. The van der Waals surface area contributed by atoms with Crippen LogP contribution in [0.15, 0.2) is 21.7 Å². The van der Waals surface area contributed by atoms with Crippen LogP contribution in [0.25, 0.3) is 0 Å². The molecule has 0 radical (unpaired) electrons. The van der Waals surface area contributed by atoms with Crippen molar-refractivity contribution in [2.24, 2.45) is 4.99 Å². The van der Waals surface area contributed by atoms with Gasteiger partial charge in [0.1, 0.15) is 0 Å². The van der Waals surface area contributed by atoms with E-state index in [0.29, 0.717) is 24.9 Å². The Hall–Kier alpha value is -1.98. The van der Waals surface area contributed by atoms with E-state index in [9.17, 15) is 4.79 Å². The van der Waals surface area contributed by atoms with Crippen molar-refractivity contribution in [3.63, 3.8) is 0 Å². The lowest BCUT2D eigenvalue weighted by Gasteiger charge is -2.16. The molecule has 0 aliphatic heterocycles. The lowest BCUT2D eigenvalue weighted by molar-refractivity contribution is 0.0925. The van der Waals surface area contributed by atoms with Crippen molar-refractivity contribution < 1.29 is 9.21 Å². The van der Waals surface area contributed by atoms with Crippen molar-refractivity contribution in [2.45, 2.75) is 52.0 Å². The number of carbonyl (C=O) groups is 1. The number of nitrogens with zero attached hydrogens (tertiary/aromatic N) is 1. The highest BCUT2D eigenvalue weighted by molar-refractivity contribution is 5.92. The molecule has 1 heterocycles. The second-order valence-corrected chi connectivity index (χ2v) is 5.93. The van der Waals surface area contributed by atoms with Crippen LogP contribution in [0.4, 0.5) is 0 Å². The van der Waals surface area contributed by atoms with Crippen LogP contribution in [0, 0.1) is 6.92 Å². The molecule has 0 spiro atoms. The summed E-state index contributed by atoms with van der Waals surface area (Å²) in [7, 11) is 0. The maximum atomic E-state index is 11.9. The molecular weight excluding hydrogens is 292 g/mol. The zero-order valence-corrected chi connectivity index (χ0v) is 14.2. The number of guanidine groups is 1. The Morgan fingerprint density at radius 3 is 2.78 bits per heavy atom. The second-order valence-electron chi connectivity index (χ2n) is 5.93. The monoisotopic (exact) mass is 320 g/mol. The summed E-state index contributed by atoms with van der Waals surface area (Å²) >= 11 is 0. The zero-order chi connectivity index (χ0) is 16.5. The van der Waals surface area contributed by atoms with E-state index in [1.54, 1.807) is 6.07 Å². The highest BCUT2D eigenvalue weighted by atomic mass is 16.3. The summed E-state index contributed by atoms with van der Waals surface area (Å²) in [5.74, 6) is 1.12. The maximum absolute atomic E-state index is 11.9. The van der Waals surface area contributed by atoms with Gasteiger partial charge in [-0.2, -0.15) is 0 Å². The van der Waals surface area contributed by atoms with E-state index in [1.165, 1.54) is 31.9 Å². The molecule has 1 fully saturated rings. The normalized spacial score (nSPS) is 15.7. The quantitative estimate of drug-likeness (QED) is 0.409. The van der Waals surface area contributed by atoms with Gasteiger partial charge in [0.25, 0.3) is 5.91 Å². The molecule has 1 aliphatic carbocycles. The SMILES string of the molecule is CCNC(=NCCCNC(=O)c1occc1C)NC1CCCC1. The number of hydrogen-bond donors (Lipinski definition) is 3. The molecule has 0 unspecified atom stereocenters. The summed E-state index contributed by atoms with van der Waals surface area (Å²) in [5.41, 5.74) is 0.857. The van der Waals surface area contributed by atoms with Gasteiger partial charge in [-0.3, -0.25) is 9.79 Å². The molecule has 3 N–H and O–H groups in total. The first kappa shape index (κ1) is 17.4. The first-order valence-corrected chi connectivity index (χ1v) is 8.58. The van der Waals surface area contributed by atoms with Gasteiger partial charge in [-0.05, 0) is 39.2 Å². The highest BCUT2D eigenvalue weighted by Crippen LogP contribution is 2.17. The minimum atomic E-state index is -0.160. The van der Waals surface area contributed by atoms with Gasteiger partial charge >= 0.3 is 0 Å². The van der Waals surface area contributed by atoms with Crippen LogP contribution >= 0.6 is 0 Å². The molecule has 2 rings (SSSR count). The van der Waals surface area contributed by atoms with E-state index in [1.807, 2.05) is 6.92 Å². The van der Waals surface area contributed by atoms with Crippen LogP contribution in [0.3, 0.4) is 0 Å². The van der Waals surface area contributed by atoms with Gasteiger partial charge in [-0.25, -0.2) is 0 Å². The minimum absolute atomic E-state index is 0.160. The van der Waals surface area contributed by atoms with Gasteiger partial charge in [0, 0.05) is 31.2 Å². The van der Waals surface area contributed by atoms with E-state index in [-0.39, 0.29) is 5.91 Å². The first-order valence-electron chi connectivity index (χ1n) is 8.58. The number of furan rings is 1. The largest absolute Gasteiger partial charge is 0.459 e. The van der Waals surface area contributed by atoms with E-state index in [2.05, 4.69) is 27.9 Å². The number of rotatable bonds is 7. The van der Waals surface area contributed by atoms with Gasteiger partial charge in [0.2, 0.25) is 0 Å². The molecule has 1 aromatic heterocycles. The molecule has 6 nitrogen and oxygen atoms in total. The van der Waals surface area contributed by atoms with Crippen LogP contribution in [0.5, 0.6) is 0 Å². The highest BCUT2D eigenvalue weighted by Gasteiger charge is 2.15. The molecule has 1 aliphatic rings. The fourth-order valence-corrected chi connectivity index (χ4v) is 2.74. The van der Waals surface area contributed by atoms with Crippen molar-refractivity contribution in [3.8, 4) is 0 Å². The van der Waals surface area contributed by atoms with Crippen molar-refractivity contribution in [1.82, 2.24) is 16.0 Å². The van der Waals surface area contributed by atoms with Crippen LogP contribution in [0.2, 0.25) is 0 Å². The molecule has 1 amide bonds. The van der Waals surface area contributed by atoms with Gasteiger partial charge in [-0.1, -0.05) is 12.8 Å². The van der Waals surface area contributed by atoms with E-state index < -0.39 is 0 Å². The minimum Gasteiger partial charge on any atom is -0.459 e. The average molecular weight is 320 g/mol. The Balaban J connectivity index is 1.68. The molecule has 0 saturated heterocycles. The number of amides is 1. The Kier molecular flexibility index (Phi) is 6.97. The number of aliphatic imine (C=N–C) groups is 1. The van der Waals surface area contributed by atoms with Crippen LogP contribution in [-0.4, -0.2) is 37.5 Å². The van der Waals surface area contributed by atoms with E-state index in [4.69, 9.17) is 4.42 Å². The van der Waals surface area contributed by atoms with E-state index in [0.717, 1.165) is 24.5 Å². The average Bonchev–Trinajstić information content (AvgIpc) is 3.18. The number of aryl methyl sites for hydroxylation is 1. The number of hydrogen-bond acceptors (Lipinski definition) is 3. The second kappa shape index (κ2) is 9.22. The summed E-state index contributed by atoms with van der Waals surface area (Å²) in [6, 6.07) is 2.34. The lowest BCUT2D eigenvalue weighted by atomic mass is 10.2. The number of carbonyl (C=O) groups excluding carboxylic acids is 1. The molecule has 6 heteroatoms. The smallest absolute Gasteiger partial charge is 0.287 e. The predicted molar refractivity (Wildman–Crippen MR) is 91.8 cm³/mol. The zero-order valence-electron chi connectivity index (χ0n) is 14.2. The summed E-state index contributed by atoms with van der Waals surface area (Å²) < 4.78 is 5.17. The molecule has 0 atom stereocenters. The molecule has 23 heavy (non-hydrogen) atoms. The van der Waals surface area contributed by atoms with Gasteiger partial charge < -0.3 is 20.4 Å². The van der Waals surface area contributed by atoms with E-state index >= 15 is 0 Å². The molecule has 0 aromatic carbocycles. The van der Waals surface area contributed by atoms with Crippen molar-refractivity contribution in [3.05, 3.63) is 23.7 Å². The topological polar surface area (TPSA) is 78.7 Å². The lowest BCUT2D eigenvalue weighted by Crippen LogP contribution is -2.42. The molecule has 0 bridgehead atoms. The van der Waals surface area contributed by atoms with Crippen LogP contribution < -0.4 is 16.0 Å². The standard InChI is InChI=1S/C17H28N4O2/c1-3-18-17(21-14-7-4-5-8-14)20-11-6-10-19-16(22)15-13(2)9-12-23-15/h9,12,14H,3-8,10-11H2,1-2H3,(H,19,22)(H2,18,20,21). The summed E-state index contributed by atoms with van der Waals surface area (Å²) in [6.07, 6.45) is 7.38. The maximum Gasteiger partial charge on any atom is 0.287 e. The Labute approximate surface area is 138 Å². The fraction of sp³-hybridized carbons (Fsp3) is 0.647. The summed E-state index contributed by atoms with van der Waals surface area (Å²) in [6.45, 7) is 6.05. The fourth-order valence-electron chi connectivity index (χ4n) is 2.74. The van der Waals surface area contributed by atoms with Gasteiger partial charge in [-0.15, -0.1) is 0 Å². The van der Waals surface area contributed by atoms with Gasteiger partial charge in [0.05, 0.1) is 6.26 Å². The molecule has 1 aromatic rings. The third-order valence-corrected chi connectivity index (χ3v) is 4.00. The predicted octanol–water partition coefficient (Wildman–Crippen LogP) is 2.21. The first-order chi connectivity index (χ1) is 11.2. The van der Waals surface area contributed by atoms with Crippen molar-refractivity contribution in [1.29, 1.82) is 0 Å². The van der Waals surface area contributed by atoms with Crippen LogP contribution in [0.1, 0.15) is 55.1 Å².